The number of nitrogens with two attached hydrogens (primary N) is 1. The van der Waals surface area contributed by atoms with Gasteiger partial charge in [-0.3, -0.25) is 36.1 Å². The summed E-state index contributed by atoms with van der Waals surface area (Å²) >= 11 is 23.6. The van der Waals surface area contributed by atoms with Crippen LogP contribution < -0.4 is 43.4 Å². The van der Waals surface area contributed by atoms with E-state index in [0.29, 0.717) is 29.0 Å². The Balaban J connectivity index is 0.000000193. The Bertz CT molecular complexity index is 3030. The number of thiocarbonyl (C=S) groups is 2. The lowest BCUT2D eigenvalue weighted by molar-refractivity contribution is -0.128. The second-order valence-corrected chi connectivity index (χ2v) is 19.9. The van der Waals surface area contributed by atoms with E-state index in [4.69, 9.17) is 58.5 Å². The summed E-state index contributed by atoms with van der Waals surface area (Å²) in [6.07, 6.45) is 7.90. The molecule has 2 aromatic heterocycles. The number of aromatic carboxylic acids is 1. The minimum Gasteiger partial charge on any atom is -0.478 e. The number of halogens is 3. The number of likely N-dealkylation sites (N-methyl/N-ethyl adjacent to an activating group) is 2. The molecule has 76 heavy (non-hydrogen) atoms. The number of aromatic nitrogens is 2. The van der Waals surface area contributed by atoms with Crippen LogP contribution in [0.2, 0.25) is 10.0 Å². The number of anilines is 2. The number of aryl methyl sites for hydroxylation is 4. The number of carboxylic acid groups (broad SMARTS) is 1. The Kier molecular flexibility index (Phi) is 19.4. The van der Waals surface area contributed by atoms with Crippen LogP contribution in [-0.4, -0.2) is 98.1 Å². The van der Waals surface area contributed by atoms with Gasteiger partial charge in [0, 0.05) is 39.6 Å². The monoisotopic (exact) mass is 1120 g/mol. The molecule has 4 heterocycles. The molecular formula is C54H57Cl3N12O5S2. The molecule has 0 bridgehead atoms. The molecular weight excluding hydrogens is 1070 g/mol. The second kappa shape index (κ2) is 26.1. The van der Waals surface area contributed by atoms with Crippen molar-refractivity contribution in [3.63, 3.8) is 0 Å². The number of hydrazine groups is 2. The number of nitrogens with zero attached hydrogens (tertiary/aromatic N) is 4. The first-order valence-electron chi connectivity index (χ1n) is 24.2. The zero-order valence-electron chi connectivity index (χ0n) is 41.4. The summed E-state index contributed by atoms with van der Waals surface area (Å²) in [6, 6.07) is 35.4. The van der Waals surface area contributed by atoms with Crippen LogP contribution in [0.25, 0.3) is 0 Å². The molecule has 2 aliphatic carbocycles. The van der Waals surface area contributed by atoms with E-state index in [1.54, 1.807) is 23.9 Å². The highest BCUT2D eigenvalue weighted by molar-refractivity contribution is 7.80. The Morgan fingerprint density at radius 3 is 1.33 bits per heavy atom. The lowest BCUT2D eigenvalue weighted by Crippen LogP contribution is -2.41. The number of carbonyl (C=O) groups excluding carboxylic acids is 3. The maximum atomic E-state index is 12.6. The zero-order chi connectivity index (χ0) is 53.2. The smallest absolute Gasteiger partial charge is 0.337 e. The number of hydrogen-bond acceptors (Lipinski definition) is 11. The van der Waals surface area contributed by atoms with Crippen molar-refractivity contribution in [3.8, 4) is 0 Å². The number of nitrogens with one attached hydrogen (secondary N) is 7. The molecule has 4 aliphatic rings. The highest BCUT2D eigenvalue weighted by Gasteiger charge is 2.31. The lowest BCUT2D eigenvalue weighted by atomic mass is 9.95. The van der Waals surface area contributed by atoms with Crippen molar-refractivity contribution in [2.45, 2.75) is 62.7 Å². The highest BCUT2D eigenvalue weighted by Crippen LogP contribution is 2.34. The molecule has 396 valence electrons. The van der Waals surface area contributed by atoms with Crippen LogP contribution in [0.5, 0.6) is 0 Å². The minimum absolute atomic E-state index is 0. The maximum absolute atomic E-state index is 12.6. The van der Waals surface area contributed by atoms with E-state index in [1.165, 1.54) is 69.0 Å². The molecule has 10 rings (SSSR count). The van der Waals surface area contributed by atoms with Gasteiger partial charge in [-0.2, -0.15) is 0 Å². The maximum Gasteiger partial charge on any atom is 0.337 e. The van der Waals surface area contributed by atoms with Crippen molar-refractivity contribution in [1.82, 2.24) is 46.6 Å². The first-order valence-corrected chi connectivity index (χ1v) is 25.8. The van der Waals surface area contributed by atoms with E-state index in [2.05, 4.69) is 120 Å². The Morgan fingerprint density at radius 1 is 0.605 bits per heavy atom. The van der Waals surface area contributed by atoms with Crippen molar-refractivity contribution in [2.75, 3.05) is 38.0 Å². The van der Waals surface area contributed by atoms with Crippen molar-refractivity contribution in [3.05, 3.63) is 187 Å². The average Bonchev–Trinajstić information content (AvgIpc) is 3.75. The number of rotatable bonds is 9. The van der Waals surface area contributed by atoms with Gasteiger partial charge in [-0.05, 0) is 120 Å². The van der Waals surface area contributed by atoms with Crippen molar-refractivity contribution >= 4 is 106 Å². The van der Waals surface area contributed by atoms with Gasteiger partial charge in [0.25, 0.3) is 5.91 Å². The number of carboxylic acids is 1. The highest BCUT2D eigenvalue weighted by atomic mass is 35.5. The molecule has 22 heteroatoms. The molecule has 4 aromatic carbocycles. The topological polar surface area (TPSA) is 231 Å². The summed E-state index contributed by atoms with van der Waals surface area (Å²) in [6.45, 7) is 1.43. The Labute approximate surface area is 467 Å². The van der Waals surface area contributed by atoms with Crippen molar-refractivity contribution < 1.29 is 24.3 Å². The molecule has 10 N–H and O–H groups in total. The van der Waals surface area contributed by atoms with Crippen LogP contribution in [0.1, 0.15) is 90.1 Å². The van der Waals surface area contributed by atoms with E-state index in [1.807, 2.05) is 24.3 Å². The molecule has 0 spiro atoms. The van der Waals surface area contributed by atoms with Crippen molar-refractivity contribution in [2.24, 2.45) is 5.73 Å². The summed E-state index contributed by atoms with van der Waals surface area (Å²) in [5, 5.41) is 19.7. The summed E-state index contributed by atoms with van der Waals surface area (Å²) in [5.41, 5.74) is 27.2. The van der Waals surface area contributed by atoms with Gasteiger partial charge in [-0.1, -0.05) is 120 Å². The predicted molar refractivity (Wildman–Crippen MR) is 306 cm³/mol. The fourth-order valence-electron chi connectivity index (χ4n) is 9.27. The molecule has 0 radical (unpaired) electrons. The predicted octanol–water partition coefficient (Wildman–Crippen LogP) is 7.08. The SMILES string of the molecule is CN1CCC(NC(=O)c2cnc(NNC(=S)NC3c4ccccc4CCc4ccccc43)c(Cl)c2)C1=O.CN1CC[C@@H](N)C1=O.Cl.O=C(O)c1cnc(NNC(=S)NC2c3ccccc3CCc3ccccc32)c(Cl)c1. The summed E-state index contributed by atoms with van der Waals surface area (Å²) in [4.78, 5) is 57.9. The molecule has 17 nitrogen and oxygen atoms in total. The number of amides is 3. The van der Waals surface area contributed by atoms with Crippen LogP contribution in [0.4, 0.5) is 11.6 Å². The number of pyridine rings is 2. The van der Waals surface area contributed by atoms with Gasteiger partial charge >= 0.3 is 5.97 Å². The molecule has 2 fully saturated rings. The largest absolute Gasteiger partial charge is 0.478 e. The molecule has 6 aromatic rings. The average molecular weight is 1120 g/mol. The normalized spacial score (nSPS) is 16.4. The number of fused-ring (bicyclic) bond motifs is 4. The van der Waals surface area contributed by atoms with Crippen LogP contribution in [0.15, 0.2) is 122 Å². The van der Waals surface area contributed by atoms with Crippen LogP contribution in [-0.2, 0) is 35.3 Å². The third-order valence-corrected chi connectivity index (χ3v) is 14.3. The lowest BCUT2D eigenvalue weighted by Gasteiger charge is -2.24. The number of hydrogen-bond donors (Lipinski definition) is 9. The molecule has 2 saturated heterocycles. The Hall–Kier alpha value is -7.13. The molecule has 2 atom stereocenters. The first kappa shape index (κ1) is 56.6. The zero-order valence-corrected chi connectivity index (χ0v) is 45.4. The molecule has 1 unspecified atom stereocenters. The summed E-state index contributed by atoms with van der Waals surface area (Å²) < 4.78 is 0. The van der Waals surface area contributed by atoms with E-state index in [9.17, 15) is 19.2 Å². The van der Waals surface area contributed by atoms with Crippen molar-refractivity contribution in [1.29, 1.82) is 0 Å². The van der Waals surface area contributed by atoms with Crippen LogP contribution in [0.3, 0.4) is 0 Å². The number of carbonyl (C=O) groups is 4. The van der Waals surface area contributed by atoms with Crippen LogP contribution >= 0.6 is 60.0 Å². The first-order chi connectivity index (χ1) is 36.1. The summed E-state index contributed by atoms with van der Waals surface area (Å²) in [7, 11) is 3.49. The standard InChI is InChI=1S/C27H27ClN6O2S.C22H19ClN4O2S.C5H10N2O.ClH/c1-34-13-12-22(26(34)36)30-25(35)18-14-21(28)24(29-15-18)32-33-27(37)31-23-19-8-4-2-6-16(19)10-11-17-7-3-5-9-20(17)23;23-18-11-15(21(28)29)12-24-20(18)26-27-22(30)25-19-16-7-3-1-5-13(16)9-10-14-6-2-4-8-17(14)19;1-7-3-2-4(6)5(7)8;/h2-9,14-15,22-23H,10-13H2,1H3,(H,29,32)(H,30,35)(H2,31,33,37);1-8,11-12,19H,9-10H2,(H,24,26)(H,28,29)(H2,25,27,30);4H,2-3,6H2,1H3;1H/t;;4-;/m..1./s1. The quantitative estimate of drug-likeness (QED) is 0.0520. The van der Waals surface area contributed by atoms with Crippen LogP contribution in [0, 0.1) is 0 Å². The van der Waals surface area contributed by atoms with Gasteiger partial charge in [0.15, 0.2) is 21.9 Å². The molecule has 0 saturated carbocycles. The fourth-order valence-corrected chi connectivity index (χ4v) is 10.0. The molecule has 3 amide bonds. The third-order valence-electron chi connectivity index (χ3n) is 13.3. The van der Waals surface area contributed by atoms with Gasteiger partial charge in [0.05, 0.1) is 39.3 Å². The van der Waals surface area contributed by atoms with E-state index in [0.717, 1.165) is 38.6 Å². The second-order valence-electron chi connectivity index (χ2n) is 18.3. The van der Waals surface area contributed by atoms with Gasteiger partial charge in [-0.15, -0.1) is 12.4 Å². The minimum atomic E-state index is -1.09. The van der Waals surface area contributed by atoms with E-state index >= 15 is 0 Å². The fraction of sp³-hybridized carbons (Fsp3) is 0.259. The molecule has 2 aliphatic heterocycles. The number of likely N-dealkylation sites (tertiary alicyclic amines) is 2. The van der Waals surface area contributed by atoms with Gasteiger partial charge < -0.3 is 36.6 Å². The van der Waals surface area contributed by atoms with Gasteiger partial charge in [0.1, 0.15) is 6.04 Å². The van der Waals surface area contributed by atoms with Gasteiger partial charge in [0.2, 0.25) is 11.8 Å². The van der Waals surface area contributed by atoms with Gasteiger partial charge in [-0.25, -0.2) is 14.8 Å². The Morgan fingerprint density at radius 2 is 0.987 bits per heavy atom. The number of benzene rings is 4. The van der Waals surface area contributed by atoms with E-state index < -0.39 is 17.9 Å². The summed E-state index contributed by atoms with van der Waals surface area (Å²) in [5.74, 6) is -0.912. The third kappa shape index (κ3) is 13.8. The van der Waals surface area contributed by atoms with E-state index in [-0.39, 0.29) is 69.3 Å².